The lowest BCUT2D eigenvalue weighted by molar-refractivity contribution is 0.0504. The van der Waals surface area contributed by atoms with Crippen LogP contribution < -0.4 is 0 Å². The first-order valence-corrected chi connectivity index (χ1v) is 3.55. The predicted octanol–water partition coefficient (Wildman–Crippen LogP) is 2.01. The minimum Gasteiger partial charge on any atom is -0.457 e. The van der Waals surface area contributed by atoms with Crippen LogP contribution >= 0.6 is 0 Å². The third-order valence-corrected chi connectivity index (χ3v) is 1.17. The number of carbonyl (C=O) groups excluding carboxylic acids is 1. The van der Waals surface area contributed by atoms with Gasteiger partial charge in [0.25, 0.3) is 0 Å². The quantitative estimate of drug-likeness (QED) is 0.509. The number of carbonyl (C=O) groups is 1. The highest BCUT2D eigenvalue weighted by molar-refractivity contribution is 5.86. The molecule has 64 valence electrons. The maximum atomic E-state index is 11.1. The zero-order valence-electron chi connectivity index (χ0n) is 6.87. The summed E-state index contributed by atoms with van der Waals surface area (Å²) in [7, 11) is 0. The first-order valence-electron chi connectivity index (χ1n) is 3.55. The Kier molecular flexibility index (Phi) is 2.69. The second kappa shape index (κ2) is 3.76. The zero-order chi connectivity index (χ0) is 8.97. The van der Waals surface area contributed by atoms with Crippen molar-refractivity contribution in [2.75, 3.05) is 6.61 Å². The van der Waals surface area contributed by atoms with Gasteiger partial charge >= 0.3 is 5.97 Å². The summed E-state index contributed by atoms with van der Waals surface area (Å²) in [5.41, 5.74) is 0.801. The largest absolute Gasteiger partial charge is 0.457 e. The molecule has 0 saturated heterocycles. The van der Waals surface area contributed by atoms with Gasteiger partial charge < -0.3 is 9.15 Å². The maximum Gasteiger partial charge on any atom is 0.374 e. The zero-order valence-corrected chi connectivity index (χ0v) is 6.87. The van der Waals surface area contributed by atoms with E-state index in [4.69, 9.17) is 9.15 Å². The van der Waals surface area contributed by atoms with Gasteiger partial charge in [0.05, 0.1) is 6.26 Å². The van der Waals surface area contributed by atoms with Gasteiger partial charge in [-0.25, -0.2) is 4.79 Å². The Hall–Kier alpha value is -1.51. The van der Waals surface area contributed by atoms with Crippen LogP contribution in [-0.2, 0) is 4.74 Å². The minimum atomic E-state index is -0.456. The van der Waals surface area contributed by atoms with Crippen LogP contribution in [0.3, 0.4) is 0 Å². The van der Waals surface area contributed by atoms with E-state index in [1.165, 1.54) is 6.26 Å². The molecule has 0 radical (unpaired) electrons. The van der Waals surface area contributed by atoms with E-state index in [-0.39, 0.29) is 12.4 Å². The van der Waals surface area contributed by atoms with Gasteiger partial charge in [-0.1, -0.05) is 6.58 Å². The van der Waals surface area contributed by atoms with Crippen molar-refractivity contribution < 1.29 is 13.9 Å². The van der Waals surface area contributed by atoms with E-state index in [1.807, 2.05) is 0 Å². The number of rotatable bonds is 3. The molecule has 1 aromatic rings. The lowest BCUT2D eigenvalue weighted by Gasteiger charge is -2.00. The van der Waals surface area contributed by atoms with E-state index in [0.29, 0.717) is 0 Å². The Morgan fingerprint density at radius 1 is 1.75 bits per heavy atom. The van der Waals surface area contributed by atoms with Gasteiger partial charge in [0, 0.05) is 0 Å². The summed E-state index contributed by atoms with van der Waals surface area (Å²) in [6.45, 7) is 5.62. The van der Waals surface area contributed by atoms with Gasteiger partial charge in [0.15, 0.2) is 0 Å². The lowest BCUT2D eigenvalue weighted by atomic mass is 10.4. The molecule has 0 unspecified atom stereocenters. The molecule has 3 nitrogen and oxygen atoms in total. The monoisotopic (exact) mass is 166 g/mol. The van der Waals surface area contributed by atoms with Crippen LogP contribution in [0.5, 0.6) is 0 Å². The molecular formula is C9H10O3. The van der Waals surface area contributed by atoms with Crippen molar-refractivity contribution in [3.63, 3.8) is 0 Å². The molecule has 0 aliphatic heterocycles. The van der Waals surface area contributed by atoms with Gasteiger partial charge in [-0.3, -0.25) is 0 Å². The Bertz CT molecular complexity index is 272. The molecule has 1 heterocycles. The number of esters is 1. The highest BCUT2D eigenvalue weighted by Crippen LogP contribution is 2.02. The summed E-state index contributed by atoms with van der Waals surface area (Å²) >= 11 is 0. The molecule has 0 bridgehead atoms. The number of ether oxygens (including phenoxy) is 1. The predicted molar refractivity (Wildman–Crippen MR) is 43.8 cm³/mol. The van der Waals surface area contributed by atoms with Crippen LogP contribution in [0.1, 0.15) is 17.5 Å². The standard InChI is InChI=1S/C9H10O3/c1-7(2)6-12-9(10)8-4-3-5-11-8/h3-5H,1,6H2,2H3. The van der Waals surface area contributed by atoms with E-state index in [2.05, 4.69) is 6.58 Å². The van der Waals surface area contributed by atoms with Gasteiger partial charge in [-0.15, -0.1) is 0 Å². The van der Waals surface area contributed by atoms with Crippen molar-refractivity contribution >= 4 is 5.97 Å². The molecule has 12 heavy (non-hydrogen) atoms. The van der Waals surface area contributed by atoms with Crippen LogP contribution in [-0.4, -0.2) is 12.6 Å². The molecule has 0 saturated carbocycles. The van der Waals surface area contributed by atoms with Crippen molar-refractivity contribution in [2.24, 2.45) is 0 Å². The summed E-state index contributed by atoms with van der Waals surface area (Å²) < 4.78 is 9.64. The highest BCUT2D eigenvalue weighted by atomic mass is 16.5. The number of furan rings is 1. The molecule has 0 aliphatic rings. The smallest absolute Gasteiger partial charge is 0.374 e. The van der Waals surface area contributed by atoms with Crippen LogP contribution in [0.15, 0.2) is 35.0 Å². The van der Waals surface area contributed by atoms with E-state index in [9.17, 15) is 4.79 Å². The molecule has 3 heteroatoms. The van der Waals surface area contributed by atoms with Gasteiger partial charge in [-0.2, -0.15) is 0 Å². The molecule has 0 aromatic carbocycles. The molecule has 0 atom stereocenters. The average Bonchev–Trinajstić information content (AvgIpc) is 2.51. The van der Waals surface area contributed by atoms with E-state index in [1.54, 1.807) is 19.1 Å². The van der Waals surface area contributed by atoms with Gasteiger partial charge in [-0.05, 0) is 24.6 Å². The third kappa shape index (κ3) is 2.27. The van der Waals surface area contributed by atoms with Crippen molar-refractivity contribution in [1.29, 1.82) is 0 Å². The fourth-order valence-electron chi connectivity index (χ4n) is 0.655. The fraction of sp³-hybridized carbons (Fsp3) is 0.222. The van der Waals surface area contributed by atoms with Gasteiger partial charge in [0.1, 0.15) is 6.61 Å². The molecule has 0 N–H and O–H groups in total. The number of hydrogen-bond donors (Lipinski definition) is 0. The summed E-state index contributed by atoms with van der Waals surface area (Å²) in [4.78, 5) is 11.1. The average molecular weight is 166 g/mol. The Balaban J connectivity index is 2.45. The Morgan fingerprint density at radius 2 is 2.50 bits per heavy atom. The summed E-state index contributed by atoms with van der Waals surface area (Å²) in [6, 6.07) is 3.19. The molecule has 0 spiro atoms. The molecule has 1 rings (SSSR count). The minimum absolute atomic E-state index is 0.219. The number of hydrogen-bond acceptors (Lipinski definition) is 3. The second-order valence-corrected chi connectivity index (χ2v) is 2.51. The molecule has 0 aliphatic carbocycles. The fourth-order valence-corrected chi connectivity index (χ4v) is 0.655. The highest BCUT2D eigenvalue weighted by Gasteiger charge is 2.08. The van der Waals surface area contributed by atoms with E-state index < -0.39 is 5.97 Å². The maximum absolute atomic E-state index is 11.1. The van der Waals surface area contributed by atoms with E-state index >= 15 is 0 Å². The first kappa shape index (κ1) is 8.59. The second-order valence-electron chi connectivity index (χ2n) is 2.51. The van der Waals surface area contributed by atoms with Gasteiger partial charge in [0.2, 0.25) is 5.76 Å². The van der Waals surface area contributed by atoms with Crippen LogP contribution in [0.2, 0.25) is 0 Å². The SMILES string of the molecule is C=C(C)COC(=O)c1ccco1. The Labute approximate surface area is 70.6 Å². The molecule has 1 aromatic heterocycles. The molecular weight excluding hydrogens is 156 g/mol. The molecule has 0 fully saturated rings. The summed E-state index contributed by atoms with van der Waals surface area (Å²) in [5.74, 6) is -0.237. The van der Waals surface area contributed by atoms with Crippen LogP contribution in [0, 0.1) is 0 Å². The van der Waals surface area contributed by atoms with Crippen molar-refractivity contribution in [2.45, 2.75) is 6.92 Å². The van der Waals surface area contributed by atoms with Crippen molar-refractivity contribution in [3.05, 3.63) is 36.3 Å². The van der Waals surface area contributed by atoms with Crippen molar-refractivity contribution in [1.82, 2.24) is 0 Å². The van der Waals surface area contributed by atoms with Crippen LogP contribution in [0.4, 0.5) is 0 Å². The summed E-state index contributed by atoms with van der Waals surface area (Å²) in [5, 5.41) is 0. The first-order chi connectivity index (χ1) is 5.70. The van der Waals surface area contributed by atoms with Crippen molar-refractivity contribution in [3.8, 4) is 0 Å². The summed E-state index contributed by atoms with van der Waals surface area (Å²) in [6.07, 6.45) is 1.43. The molecule has 0 amide bonds. The van der Waals surface area contributed by atoms with E-state index in [0.717, 1.165) is 5.57 Å². The lowest BCUT2D eigenvalue weighted by Crippen LogP contribution is -2.05. The third-order valence-electron chi connectivity index (χ3n) is 1.17. The normalized spacial score (nSPS) is 9.42. The van der Waals surface area contributed by atoms with Crippen LogP contribution in [0.25, 0.3) is 0 Å². The topological polar surface area (TPSA) is 39.4 Å². The Morgan fingerprint density at radius 3 is 3.00 bits per heavy atom.